The highest BCUT2D eigenvalue weighted by Crippen LogP contribution is 2.25. The summed E-state index contributed by atoms with van der Waals surface area (Å²) in [4.78, 5) is 23.9. The van der Waals surface area contributed by atoms with Crippen molar-refractivity contribution in [2.45, 2.75) is 20.3 Å². The quantitative estimate of drug-likeness (QED) is 0.837. The molecule has 1 aliphatic rings. The normalized spacial score (nSPS) is 16.8. The predicted molar refractivity (Wildman–Crippen MR) is 101 cm³/mol. The van der Waals surface area contributed by atoms with Crippen molar-refractivity contribution >= 4 is 27.5 Å². The molecular weight excluding hydrogens is 320 g/mol. The topological polar surface area (TPSA) is 42.6 Å². The lowest BCUT2D eigenvalue weighted by molar-refractivity contribution is 0.0713. The van der Waals surface area contributed by atoms with Gasteiger partial charge in [0.1, 0.15) is 0 Å². The van der Waals surface area contributed by atoms with E-state index in [9.17, 15) is 4.79 Å². The molecule has 24 heavy (non-hydrogen) atoms. The number of fused-ring (bicyclic) bond motifs is 1. The van der Waals surface area contributed by atoms with Crippen molar-refractivity contribution < 1.29 is 4.79 Å². The van der Waals surface area contributed by atoms with E-state index in [-0.39, 0.29) is 5.91 Å². The third kappa shape index (κ3) is 3.99. The number of hydrogen-bond donors (Lipinski definition) is 1. The Morgan fingerprint density at radius 3 is 2.62 bits per heavy atom. The smallest absolute Gasteiger partial charge is 0.264 e. The van der Waals surface area contributed by atoms with Crippen molar-refractivity contribution in [2.24, 2.45) is 0 Å². The second-order valence-corrected chi connectivity index (χ2v) is 7.52. The van der Waals surface area contributed by atoms with E-state index >= 15 is 0 Å². The van der Waals surface area contributed by atoms with Crippen molar-refractivity contribution in [1.29, 1.82) is 0 Å². The fraction of sp³-hybridized carbons (Fsp3) is 0.611. The third-order valence-electron chi connectivity index (χ3n) is 4.82. The molecule has 1 amide bonds. The molecule has 1 saturated heterocycles. The Hall–Kier alpha value is -1.37. The first-order valence-corrected chi connectivity index (χ1v) is 9.83. The van der Waals surface area contributed by atoms with Crippen LogP contribution in [-0.2, 0) is 0 Å². The van der Waals surface area contributed by atoms with Gasteiger partial charge in [-0.05, 0) is 25.1 Å². The van der Waals surface area contributed by atoms with E-state index in [2.05, 4.69) is 28.6 Å². The number of amides is 1. The number of aromatic nitrogens is 1. The molecule has 0 radical (unpaired) electrons. The Kier molecular flexibility index (Phi) is 5.92. The number of H-pyrrole nitrogens is 1. The van der Waals surface area contributed by atoms with Gasteiger partial charge in [-0.25, -0.2) is 0 Å². The molecule has 5 nitrogen and oxygen atoms in total. The summed E-state index contributed by atoms with van der Waals surface area (Å²) in [5.74, 6) is 0.179. The minimum absolute atomic E-state index is 0.179. The molecular formula is C18H28N4OS. The standard InChI is InChI=1S/C18H28N4OS/c1-3-7-22(13-12-21-10-8-20(4-2)9-11-21)18(23)17-14-15-16(24-17)5-6-19-15/h5-6,14,19H,3-4,7-13H2,1-2H3. The van der Waals surface area contributed by atoms with Crippen molar-refractivity contribution in [3.05, 3.63) is 23.2 Å². The minimum Gasteiger partial charge on any atom is -0.360 e. The van der Waals surface area contributed by atoms with E-state index in [1.165, 1.54) is 0 Å². The summed E-state index contributed by atoms with van der Waals surface area (Å²) >= 11 is 1.59. The van der Waals surface area contributed by atoms with E-state index < -0.39 is 0 Å². The average Bonchev–Trinajstić information content (AvgIpc) is 3.20. The number of piperazine rings is 1. The van der Waals surface area contributed by atoms with Gasteiger partial charge >= 0.3 is 0 Å². The molecule has 0 spiro atoms. The van der Waals surface area contributed by atoms with Crippen LogP contribution in [0.4, 0.5) is 0 Å². The van der Waals surface area contributed by atoms with Gasteiger partial charge in [0.05, 0.1) is 15.1 Å². The van der Waals surface area contributed by atoms with Gasteiger partial charge < -0.3 is 14.8 Å². The van der Waals surface area contributed by atoms with Gasteiger partial charge in [-0.3, -0.25) is 9.69 Å². The SMILES string of the molecule is CCCN(CCN1CCN(CC)CC1)C(=O)c1cc2[nH]ccc2s1. The lowest BCUT2D eigenvalue weighted by Crippen LogP contribution is -2.48. The van der Waals surface area contributed by atoms with Gasteiger partial charge in [0.25, 0.3) is 5.91 Å². The van der Waals surface area contributed by atoms with Gasteiger partial charge in [-0.1, -0.05) is 13.8 Å². The number of rotatable bonds is 7. The monoisotopic (exact) mass is 348 g/mol. The number of thiophene rings is 1. The van der Waals surface area contributed by atoms with Crippen LogP contribution in [0.2, 0.25) is 0 Å². The van der Waals surface area contributed by atoms with Crippen LogP contribution in [0, 0.1) is 0 Å². The first-order chi connectivity index (χ1) is 11.7. The zero-order valence-corrected chi connectivity index (χ0v) is 15.6. The summed E-state index contributed by atoms with van der Waals surface area (Å²) in [6, 6.07) is 4.03. The van der Waals surface area contributed by atoms with Gasteiger partial charge in [0, 0.05) is 52.0 Å². The maximum absolute atomic E-state index is 12.9. The van der Waals surface area contributed by atoms with Crippen molar-refractivity contribution in [3.63, 3.8) is 0 Å². The summed E-state index contributed by atoms with van der Waals surface area (Å²) in [6.45, 7) is 12.7. The predicted octanol–water partition coefficient (Wildman–Crippen LogP) is 2.72. The number of aromatic amines is 1. The summed E-state index contributed by atoms with van der Waals surface area (Å²) in [6.07, 6.45) is 2.92. The minimum atomic E-state index is 0.179. The Balaban J connectivity index is 1.57. The zero-order valence-electron chi connectivity index (χ0n) is 14.8. The largest absolute Gasteiger partial charge is 0.360 e. The molecule has 2 aromatic heterocycles. The lowest BCUT2D eigenvalue weighted by atomic mass is 10.3. The second kappa shape index (κ2) is 8.14. The van der Waals surface area contributed by atoms with Crippen LogP contribution in [0.1, 0.15) is 29.9 Å². The molecule has 1 N–H and O–H groups in total. The molecule has 0 aromatic carbocycles. The third-order valence-corrected chi connectivity index (χ3v) is 5.91. The van der Waals surface area contributed by atoms with Crippen LogP contribution < -0.4 is 0 Å². The van der Waals surface area contributed by atoms with Gasteiger partial charge in [-0.2, -0.15) is 0 Å². The number of carbonyl (C=O) groups excluding carboxylic acids is 1. The molecule has 1 aliphatic heterocycles. The van der Waals surface area contributed by atoms with Crippen molar-refractivity contribution in [3.8, 4) is 0 Å². The van der Waals surface area contributed by atoms with Crippen LogP contribution >= 0.6 is 11.3 Å². The summed E-state index contributed by atoms with van der Waals surface area (Å²) < 4.78 is 1.16. The average molecular weight is 349 g/mol. The van der Waals surface area contributed by atoms with Gasteiger partial charge in [0.2, 0.25) is 0 Å². The van der Waals surface area contributed by atoms with Crippen LogP contribution in [-0.4, -0.2) is 77.9 Å². The van der Waals surface area contributed by atoms with E-state index in [0.717, 1.165) is 73.9 Å². The molecule has 0 bridgehead atoms. The summed E-state index contributed by atoms with van der Waals surface area (Å²) in [5, 5.41) is 0. The van der Waals surface area contributed by atoms with Crippen molar-refractivity contribution in [1.82, 2.24) is 19.7 Å². The Morgan fingerprint density at radius 1 is 1.21 bits per heavy atom. The lowest BCUT2D eigenvalue weighted by Gasteiger charge is -2.35. The molecule has 0 saturated carbocycles. The Labute approximate surface area is 148 Å². The Bertz CT molecular complexity index is 628. The molecule has 1 fully saturated rings. The fourth-order valence-electron chi connectivity index (χ4n) is 3.29. The van der Waals surface area contributed by atoms with E-state index in [1.807, 2.05) is 23.2 Å². The number of nitrogens with zero attached hydrogens (tertiary/aromatic N) is 3. The molecule has 2 aromatic rings. The molecule has 0 unspecified atom stereocenters. The molecule has 0 aliphatic carbocycles. The highest BCUT2D eigenvalue weighted by atomic mass is 32.1. The van der Waals surface area contributed by atoms with Crippen LogP contribution in [0.5, 0.6) is 0 Å². The molecule has 3 heterocycles. The number of nitrogens with one attached hydrogen (secondary N) is 1. The van der Waals surface area contributed by atoms with Crippen LogP contribution in [0.15, 0.2) is 18.3 Å². The fourth-order valence-corrected chi connectivity index (χ4v) is 4.28. The van der Waals surface area contributed by atoms with Crippen molar-refractivity contribution in [2.75, 3.05) is 52.4 Å². The summed E-state index contributed by atoms with van der Waals surface area (Å²) in [5.41, 5.74) is 1.07. The first kappa shape index (κ1) is 17.5. The van der Waals surface area contributed by atoms with E-state index in [0.29, 0.717) is 0 Å². The van der Waals surface area contributed by atoms with Crippen LogP contribution in [0.25, 0.3) is 10.2 Å². The van der Waals surface area contributed by atoms with E-state index in [1.54, 1.807) is 11.3 Å². The molecule has 6 heteroatoms. The highest BCUT2D eigenvalue weighted by Gasteiger charge is 2.20. The van der Waals surface area contributed by atoms with E-state index in [4.69, 9.17) is 0 Å². The van der Waals surface area contributed by atoms with Gasteiger partial charge in [0.15, 0.2) is 0 Å². The number of carbonyl (C=O) groups is 1. The molecule has 3 rings (SSSR count). The maximum Gasteiger partial charge on any atom is 0.264 e. The summed E-state index contributed by atoms with van der Waals surface area (Å²) in [7, 11) is 0. The molecule has 132 valence electrons. The highest BCUT2D eigenvalue weighted by molar-refractivity contribution is 7.20. The number of likely N-dealkylation sites (N-methyl/N-ethyl adjacent to an activating group) is 1. The van der Waals surface area contributed by atoms with Crippen LogP contribution in [0.3, 0.4) is 0 Å². The second-order valence-electron chi connectivity index (χ2n) is 6.43. The molecule has 0 atom stereocenters. The van der Waals surface area contributed by atoms with Gasteiger partial charge in [-0.15, -0.1) is 11.3 Å². The Morgan fingerprint density at radius 2 is 1.96 bits per heavy atom. The number of hydrogen-bond acceptors (Lipinski definition) is 4. The zero-order chi connectivity index (χ0) is 16.9. The maximum atomic E-state index is 12.9. The first-order valence-electron chi connectivity index (χ1n) is 9.02.